The Labute approximate surface area is 160 Å². The van der Waals surface area contributed by atoms with Gasteiger partial charge in [0.25, 0.3) is 0 Å². The number of hydrogen-bond donors (Lipinski definition) is 1. The minimum Gasteiger partial charge on any atom is -0.508 e. The fourth-order valence-electron chi connectivity index (χ4n) is 3.97. The SMILES string of the molecule is Cc1ccccc1C(c1ccccc1O)N1CCN(c2ccncc2)CC1. The molecule has 0 amide bonds. The number of rotatable bonds is 4. The Hall–Kier alpha value is -2.85. The third kappa shape index (κ3) is 3.67. The van der Waals surface area contributed by atoms with Gasteiger partial charge in [-0.25, -0.2) is 0 Å². The van der Waals surface area contributed by atoms with Crippen LogP contribution in [-0.2, 0) is 0 Å². The largest absolute Gasteiger partial charge is 0.508 e. The van der Waals surface area contributed by atoms with Gasteiger partial charge >= 0.3 is 0 Å². The van der Waals surface area contributed by atoms with Crippen molar-refractivity contribution in [2.24, 2.45) is 0 Å². The molecule has 0 radical (unpaired) electrons. The molecule has 0 saturated carbocycles. The van der Waals surface area contributed by atoms with E-state index in [1.807, 2.05) is 30.6 Å². The number of benzene rings is 2. The number of para-hydroxylation sites is 1. The molecule has 0 bridgehead atoms. The zero-order chi connectivity index (χ0) is 18.6. The summed E-state index contributed by atoms with van der Waals surface area (Å²) in [6.07, 6.45) is 3.69. The molecule has 2 heterocycles. The molecular formula is C23H25N3O. The van der Waals surface area contributed by atoms with Crippen LogP contribution in [0.3, 0.4) is 0 Å². The van der Waals surface area contributed by atoms with Gasteiger partial charge in [0.2, 0.25) is 0 Å². The standard InChI is InChI=1S/C23H25N3O/c1-18-6-2-3-7-20(18)23(21-8-4-5-9-22(21)27)26-16-14-25(15-17-26)19-10-12-24-13-11-19/h2-13,23,27H,14-17H2,1H3. The molecule has 4 rings (SSSR count). The van der Waals surface area contributed by atoms with Crippen LogP contribution in [0.15, 0.2) is 73.1 Å². The predicted molar refractivity (Wildman–Crippen MR) is 109 cm³/mol. The summed E-state index contributed by atoms with van der Waals surface area (Å²) in [5, 5.41) is 10.5. The average molecular weight is 359 g/mol. The maximum absolute atomic E-state index is 10.5. The Bertz CT molecular complexity index is 843. The minimum absolute atomic E-state index is 0.0620. The summed E-state index contributed by atoms with van der Waals surface area (Å²) in [6.45, 7) is 5.95. The second-order valence-electron chi connectivity index (χ2n) is 7.05. The van der Waals surface area contributed by atoms with Crippen LogP contribution in [0.25, 0.3) is 0 Å². The molecule has 1 aliphatic heterocycles. The highest BCUT2D eigenvalue weighted by molar-refractivity contribution is 5.46. The summed E-state index contributed by atoms with van der Waals surface area (Å²) >= 11 is 0. The smallest absolute Gasteiger partial charge is 0.120 e. The van der Waals surface area contributed by atoms with E-state index >= 15 is 0 Å². The van der Waals surface area contributed by atoms with Crippen molar-refractivity contribution < 1.29 is 5.11 Å². The highest BCUT2D eigenvalue weighted by atomic mass is 16.3. The molecule has 1 saturated heterocycles. The van der Waals surface area contributed by atoms with Gasteiger partial charge in [0.05, 0.1) is 6.04 Å². The van der Waals surface area contributed by atoms with Crippen LogP contribution in [0, 0.1) is 6.92 Å². The number of anilines is 1. The van der Waals surface area contributed by atoms with Crippen molar-refractivity contribution >= 4 is 5.69 Å². The molecule has 2 aromatic carbocycles. The first kappa shape index (κ1) is 17.6. The molecule has 138 valence electrons. The van der Waals surface area contributed by atoms with E-state index in [1.54, 1.807) is 6.07 Å². The first-order valence-electron chi connectivity index (χ1n) is 9.46. The first-order chi connectivity index (χ1) is 13.2. The highest BCUT2D eigenvalue weighted by Crippen LogP contribution is 2.36. The number of aromatic hydroxyl groups is 1. The van der Waals surface area contributed by atoms with Crippen molar-refractivity contribution in [1.29, 1.82) is 0 Å². The fraction of sp³-hybridized carbons (Fsp3) is 0.261. The van der Waals surface area contributed by atoms with Crippen LogP contribution in [0.5, 0.6) is 5.75 Å². The van der Waals surface area contributed by atoms with E-state index in [1.165, 1.54) is 16.8 Å². The van der Waals surface area contributed by atoms with Gasteiger partial charge in [0, 0.05) is 49.8 Å². The summed E-state index contributed by atoms with van der Waals surface area (Å²) in [6, 6.07) is 20.4. The second kappa shape index (κ2) is 7.80. The Morgan fingerprint density at radius 2 is 1.44 bits per heavy atom. The number of nitrogens with zero attached hydrogens (tertiary/aromatic N) is 3. The van der Waals surface area contributed by atoms with Crippen LogP contribution >= 0.6 is 0 Å². The molecule has 0 aliphatic carbocycles. The van der Waals surface area contributed by atoms with E-state index < -0.39 is 0 Å². The molecule has 1 atom stereocenters. The number of hydrogen-bond acceptors (Lipinski definition) is 4. The van der Waals surface area contributed by atoms with Gasteiger partial charge < -0.3 is 10.0 Å². The number of pyridine rings is 1. The lowest BCUT2D eigenvalue weighted by molar-refractivity contribution is 0.209. The first-order valence-corrected chi connectivity index (χ1v) is 9.46. The molecule has 1 fully saturated rings. The van der Waals surface area contributed by atoms with Gasteiger partial charge in [-0.05, 0) is 36.2 Å². The highest BCUT2D eigenvalue weighted by Gasteiger charge is 2.29. The third-order valence-corrected chi connectivity index (χ3v) is 5.42. The molecule has 1 unspecified atom stereocenters. The minimum atomic E-state index is 0.0620. The Morgan fingerprint density at radius 3 is 2.11 bits per heavy atom. The second-order valence-corrected chi connectivity index (χ2v) is 7.05. The van der Waals surface area contributed by atoms with Crippen LogP contribution in [0.1, 0.15) is 22.7 Å². The van der Waals surface area contributed by atoms with E-state index in [4.69, 9.17) is 0 Å². The molecule has 27 heavy (non-hydrogen) atoms. The number of phenols is 1. The van der Waals surface area contributed by atoms with E-state index in [0.717, 1.165) is 31.7 Å². The van der Waals surface area contributed by atoms with Crippen molar-refractivity contribution in [3.63, 3.8) is 0 Å². The molecule has 1 aromatic heterocycles. The van der Waals surface area contributed by atoms with Gasteiger partial charge in [-0.15, -0.1) is 0 Å². The Morgan fingerprint density at radius 1 is 0.815 bits per heavy atom. The van der Waals surface area contributed by atoms with Crippen LogP contribution in [-0.4, -0.2) is 41.2 Å². The monoisotopic (exact) mass is 359 g/mol. The lowest BCUT2D eigenvalue weighted by Gasteiger charge is -2.41. The van der Waals surface area contributed by atoms with E-state index in [0.29, 0.717) is 5.75 Å². The topological polar surface area (TPSA) is 39.6 Å². The predicted octanol–water partition coefficient (Wildman–Crippen LogP) is 4.01. The molecular weight excluding hydrogens is 334 g/mol. The van der Waals surface area contributed by atoms with E-state index in [2.05, 4.69) is 58.1 Å². The van der Waals surface area contributed by atoms with Gasteiger partial charge in [-0.2, -0.15) is 0 Å². The van der Waals surface area contributed by atoms with E-state index in [-0.39, 0.29) is 6.04 Å². The van der Waals surface area contributed by atoms with Crippen molar-refractivity contribution in [3.8, 4) is 5.75 Å². The number of aryl methyl sites for hydroxylation is 1. The van der Waals surface area contributed by atoms with Gasteiger partial charge in [0.1, 0.15) is 5.75 Å². The number of piperazine rings is 1. The zero-order valence-electron chi connectivity index (χ0n) is 15.6. The summed E-state index contributed by atoms with van der Waals surface area (Å²) < 4.78 is 0. The van der Waals surface area contributed by atoms with Crippen molar-refractivity contribution in [2.75, 3.05) is 31.1 Å². The summed E-state index contributed by atoms with van der Waals surface area (Å²) in [5.41, 5.74) is 4.71. The summed E-state index contributed by atoms with van der Waals surface area (Å²) in [7, 11) is 0. The molecule has 1 N–H and O–H groups in total. The van der Waals surface area contributed by atoms with Crippen molar-refractivity contribution in [2.45, 2.75) is 13.0 Å². The maximum Gasteiger partial charge on any atom is 0.120 e. The van der Waals surface area contributed by atoms with Gasteiger partial charge in [-0.1, -0.05) is 42.5 Å². The lowest BCUT2D eigenvalue weighted by Crippen LogP contribution is -2.48. The average Bonchev–Trinajstić information content (AvgIpc) is 2.72. The van der Waals surface area contributed by atoms with Crippen LogP contribution in [0.4, 0.5) is 5.69 Å². The van der Waals surface area contributed by atoms with Gasteiger partial charge in [-0.3, -0.25) is 9.88 Å². The summed E-state index contributed by atoms with van der Waals surface area (Å²) in [4.78, 5) is 9.00. The Kier molecular flexibility index (Phi) is 5.07. The lowest BCUT2D eigenvalue weighted by atomic mass is 9.92. The van der Waals surface area contributed by atoms with Crippen molar-refractivity contribution in [3.05, 3.63) is 89.7 Å². The maximum atomic E-state index is 10.5. The zero-order valence-corrected chi connectivity index (χ0v) is 15.6. The molecule has 4 nitrogen and oxygen atoms in total. The van der Waals surface area contributed by atoms with Gasteiger partial charge in [0.15, 0.2) is 0 Å². The third-order valence-electron chi connectivity index (χ3n) is 5.42. The number of aromatic nitrogens is 1. The number of phenolic OH excluding ortho intramolecular Hbond substituents is 1. The van der Waals surface area contributed by atoms with Crippen LogP contribution in [0.2, 0.25) is 0 Å². The quantitative estimate of drug-likeness (QED) is 0.764. The fourth-order valence-corrected chi connectivity index (χ4v) is 3.97. The molecule has 0 spiro atoms. The molecule has 4 heteroatoms. The Balaban J connectivity index is 1.63. The summed E-state index contributed by atoms with van der Waals surface area (Å²) in [5.74, 6) is 0.363. The molecule has 1 aliphatic rings. The van der Waals surface area contributed by atoms with E-state index in [9.17, 15) is 5.11 Å². The van der Waals surface area contributed by atoms with Crippen LogP contribution < -0.4 is 4.90 Å². The van der Waals surface area contributed by atoms with Crippen molar-refractivity contribution in [1.82, 2.24) is 9.88 Å². The molecule has 3 aromatic rings. The normalized spacial score (nSPS) is 16.3.